The molecule has 2 N–H and O–H groups in total. The van der Waals surface area contributed by atoms with Gasteiger partial charge in [0.1, 0.15) is 5.78 Å². The lowest BCUT2D eigenvalue weighted by Crippen LogP contribution is -2.60. The summed E-state index contributed by atoms with van der Waals surface area (Å²) in [5.74, 6) is -0.415. The number of carbonyl (C=O) groups excluding carboxylic acids is 1. The third kappa shape index (κ3) is 3.59. The monoisotopic (exact) mass is 448 g/mol. The molecular formula is C27H24N6O. The van der Waals surface area contributed by atoms with Gasteiger partial charge in [0.2, 0.25) is 0 Å². The van der Waals surface area contributed by atoms with Crippen LogP contribution < -0.4 is 10.6 Å². The highest BCUT2D eigenvalue weighted by Gasteiger charge is 2.55. The number of pyridine rings is 4. The van der Waals surface area contributed by atoms with Crippen LogP contribution in [-0.2, 0) is 4.79 Å². The lowest BCUT2D eigenvalue weighted by Gasteiger charge is -2.52. The van der Waals surface area contributed by atoms with Crippen molar-refractivity contribution in [1.82, 2.24) is 30.6 Å². The fourth-order valence-corrected chi connectivity index (χ4v) is 5.52. The molecule has 7 nitrogen and oxygen atoms in total. The summed E-state index contributed by atoms with van der Waals surface area (Å²) in [6, 6.07) is 15.0. The third-order valence-electron chi connectivity index (χ3n) is 6.99. The van der Waals surface area contributed by atoms with Crippen LogP contribution in [0.3, 0.4) is 0 Å². The SMILES string of the molecule is O=C1C2C(c3cccnc3)NC(c3cccnc3)C1C(c1cccnc1)NC2c1cccnc1. The van der Waals surface area contributed by atoms with Crippen LogP contribution in [0, 0.1) is 11.8 Å². The quantitative estimate of drug-likeness (QED) is 0.493. The second-order valence-electron chi connectivity index (χ2n) is 8.84. The van der Waals surface area contributed by atoms with Crippen LogP contribution >= 0.6 is 0 Å². The zero-order chi connectivity index (χ0) is 22.9. The summed E-state index contributed by atoms with van der Waals surface area (Å²) in [5, 5.41) is 7.67. The maximum Gasteiger partial charge on any atom is 0.146 e. The van der Waals surface area contributed by atoms with Crippen LogP contribution in [0.5, 0.6) is 0 Å². The van der Waals surface area contributed by atoms with Crippen molar-refractivity contribution in [3.63, 3.8) is 0 Å². The Morgan fingerprint density at radius 1 is 0.500 bits per heavy atom. The molecule has 7 heteroatoms. The van der Waals surface area contributed by atoms with Crippen molar-refractivity contribution in [2.75, 3.05) is 0 Å². The van der Waals surface area contributed by atoms with E-state index in [4.69, 9.17) is 0 Å². The molecule has 0 aliphatic carbocycles. The largest absolute Gasteiger partial charge is 0.301 e. The molecule has 0 spiro atoms. The molecule has 2 fully saturated rings. The number of carbonyl (C=O) groups is 1. The van der Waals surface area contributed by atoms with Crippen LogP contribution in [-0.4, -0.2) is 25.7 Å². The molecule has 4 atom stereocenters. The number of Topliss-reactive ketones (excluding diaryl/α,β-unsaturated/α-hetero) is 1. The number of hydrogen-bond acceptors (Lipinski definition) is 7. The van der Waals surface area contributed by atoms with Gasteiger partial charge in [-0.3, -0.25) is 24.7 Å². The first-order valence-corrected chi connectivity index (χ1v) is 11.5. The summed E-state index contributed by atoms with van der Waals surface area (Å²) in [5.41, 5.74) is 3.96. The molecule has 6 heterocycles. The molecule has 0 aromatic carbocycles. The van der Waals surface area contributed by atoms with Crippen LogP contribution in [0.4, 0.5) is 0 Å². The molecule has 4 aromatic rings. The zero-order valence-electron chi connectivity index (χ0n) is 18.4. The number of nitrogens with one attached hydrogen (secondary N) is 2. The van der Waals surface area contributed by atoms with Crippen molar-refractivity contribution in [2.45, 2.75) is 24.2 Å². The van der Waals surface area contributed by atoms with Crippen molar-refractivity contribution >= 4 is 5.78 Å². The molecule has 2 aliphatic heterocycles. The van der Waals surface area contributed by atoms with E-state index in [1.54, 1.807) is 24.8 Å². The molecule has 2 bridgehead atoms. The van der Waals surface area contributed by atoms with E-state index in [-0.39, 0.29) is 41.8 Å². The lowest BCUT2D eigenvalue weighted by atomic mass is 9.64. The van der Waals surface area contributed by atoms with Crippen molar-refractivity contribution < 1.29 is 4.79 Å². The highest BCUT2D eigenvalue weighted by molar-refractivity contribution is 5.89. The number of nitrogens with zero attached hydrogens (tertiary/aromatic N) is 4. The summed E-state index contributed by atoms with van der Waals surface area (Å²) < 4.78 is 0. The average molecular weight is 449 g/mol. The minimum Gasteiger partial charge on any atom is -0.301 e. The lowest BCUT2D eigenvalue weighted by molar-refractivity contribution is -0.139. The number of fused-ring (bicyclic) bond motifs is 2. The van der Waals surface area contributed by atoms with E-state index >= 15 is 0 Å². The van der Waals surface area contributed by atoms with E-state index in [1.807, 2.05) is 73.3 Å². The van der Waals surface area contributed by atoms with Gasteiger partial charge in [-0.1, -0.05) is 24.3 Å². The predicted molar refractivity (Wildman–Crippen MR) is 126 cm³/mol. The van der Waals surface area contributed by atoms with Crippen LogP contribution in [0.15, 0.2) is 98.1 Å². The molecule has 0 amide bonds. The van der Waals surface area contributed by atoms with Crippen molar-refractivity contribution in [3.8, 4) is 0 Å². The van der Waals surface area contributed by atoms with Crippen molar-refractivity contribution in [2.24, 2.45) is 11.8 Å². The number of aromatic nitrogens is 4. The summed E-state index contributed by atoms with van der Waals surface area (Å²) in [7, 11) is 0. The van der Waals surface area contributed by atoms with E-state index in [1.165, 1.54) is 0 Å². The minimum absolute atomic E-state index is 0.213. The zero-order valence-corrected chi connectivity index (χ0v) is 18.4. The molecule has 168 valence electrons. The number of rotatable bonds is 4. The van der Waals surface area contributed by atoms with Crippen molar-refractivity contribution in [3.05, 3.63) is 120 Å². The van der Waals surface area contributed by atoms with E-state index in [0.717, 1.165) is 22.3 Å². The summed E-state index contributed by atoms with van der Waals surface area (Å²) in [4.78, 5) is 31.8. The molecule has 6 rings (SSSR count). The van der Waals surface area contributed by atoms with Gasteiger partial charge in [0.25, 0.3) is 0 Å². The molecule has 2 aliphatic rings. The van der Waals surface area contributed by atoms with Gasteiger partial charge in [-0.25, -0.2) is 0 Å². The Morgan fingerprint density at radius 2 is 0.794 bits per heavy atom. The first kappa shape index (κ1) is 20.8. The summed E-state index contributed by atoms with van der Waals surface area (Å²) >= 11 is 0. The predicted octanol–water partition coefficient (Wildman–Crippen LogP) is 3.54. The van der Waals surface area contributed by atoms with Gasteiger partial charge < -0.3 is 10.6 Å². The van der Waals surface area contributed by atoms with Crippen LogP contribution in [0.1, 0.15) is 46.4 Å². The maximum atomic E-state index is 14.4. The highest BCUT2D eigenvalue weighted by atomic mass is 16.1. The van der Waals surface area contributed by atoms with E-state index in [2.05, 4.69) is 30.6 Å². The second kappa shape index (κ2) is 8.85. The van der Waals surface area contributed by atoms with E-state index < -0.39 is 0 Å². The first-order valence-electron chi connectivity index (χ1n) is 11.5. The van der Waals surface area contributed by atoms with Gasteiger partial charge in [-0.05, 0) is 46.5 Å². The molecule has 2 saturated heterocycles. The third-order valence-corrected chi connectivity index (χ3v) is 6.99. The fraction of sp³-hybridized carbons (Fsp3) is 0.222. The van der Waals surface area contributed by atoms with Gasteiger partial charge in [-0.2, -0.15) is 0 Å². The van der Waals surface area contributed by atoms with E-state index in [9.17, 15) is 4.79 Å². The average Bonchev–Trinajstić information content (AvgIpc) is 2.91. The summed E-state index contributed by atoms with van der Waals surface area (Å²) in [6.07, 6.45) is 14.4. The molecular weight excluding hydrogens is 424 g/mol. The smallest absolute Gasteiger partial charge is 0.146 e. The van der Waals surface area contributed by atoms with Gasteiger partial charge >= 0.3 is 0 Å². The number of hydrogen-bond donors (Lipinski definition) is 2. The Morgan fingerprint density at radius 3 is 1.03 bits per heavy atom. The molecule has 34 heavy (non-hydrogen) atoms. The molecule has 0 radical (unpaired) electrons. The Bertz CT molecular complexity index is 1070. The molecule has 4 unspecified atom stereocenters. The van der Waals surface area contributed by atoms with Crippen LogP contribution in [0.2, 0.25) is 0 Å². The van der Waals surface area contributed by atoms with Gasteiger partial charge in [0.05, 0.1) is 11.8 Å². The molecule has 0 saturated carbocycles. The first-order chi connectivity index (χ1) is 16.8. The van der Waals surface area contributed by atoms with Crippen LogP contribution in [0.25, 0.3) is 0 Å². The van der Waals surface area contributed by atoms with Gasteiger partial charge in [0.15, 0.2) is 0 Å². The molecule has 4 aromatic heterocycles. The Hall–Kier alpha value is -3.81. The van der Waals surface area contributed by atoms with Gasteiger partial charge in [0, 0.05) is 73.7 Å². The van der Waals surface area contributed by atoms with E-state index in [0.29, 0.717) is 0 Å². The topological polar surface area (TPSA) is 92.7 Å². The number of piperidine rings is 2. The number of ketones is 1. The fourth-order valence-electron chi connectivity index (χ4n) is 5.52. The summed E-state index contributed by atoms with van der Waals surface area (Å²) in [6.45, 7) is 0. The maximum absolute atomic E-state index is 14.4. The Kier molecular flexibility index (Phi) is 5.41. The Balaban J connectivity index is 1.52. The second-order valence-corrected chi connectivity index (χ2v) is 8.84. The Labute approximate surface area is 197 Å². The van der Waals surface area contributed by atoms with Crippen molar-refractivity contribution in [1.29, 1.82) is 0 Å². The minimum atomic E-state index is -0.320. The highest BCUT2D eigenvalue weighted by Crippen LogP contribution is 2.51. The van der Waals surface area contributed by atoms with Gasteiger partial charge in [-0.15, -0.1) is 0 Å². The normalized spacial score (nSPS) is 28.4. The standard InChI is InChI=1S/C27H24N6O/c34-27-21-23(17-5-1-9-28-13-17)32-25(19-7-3-11-30-15-19)22(27)26(20-8-4-12-31-16-20)33-24(21)18-6-2-10-29-14-18/h1-16,21-26,32-33H.